The van der Waals surface area contributed by atoms with Crippen molar-refractivity contribution in [2.75, 3.05) is 0 Å². The summed E-state index contributed by atoms with van der Waals surface area (Å²) in [6, 6.07) is 7.82. The van der Waals surface area contributed by atoms with Gasteiger partial charge >= 0.3 is 8.80 Å². The Bertz CT molecular complexity index is 339. The Kier molecular flexibility index (Phi) is 3.03. The van der Waals surface area contributed by atoms with Crippen molar-refractivity contribution in [1.82, 2.24) is 0 Å². The van der Waals surface area contributed by atoms with E-state index in [1.807, 2.05) is 18.2 Å². The van der Waals surface area contributed by atoms with E-state index in [1.165, 1.54) is 0 Å². The topological polar surface area (TPSA) is 68.2 Å². The molecule has 0 atom stereocenters. The average Bonchev–Trinajstić information content (AvgIpc) is 2.48. The standard InChI is InChI=1S/C9H12O5Si/c10-13-15(14-11)7-3-5-8-4-1-2-6-9(8)12-15/h1-2,4,6,10-11H,3,5,7H2. The minimum atomic E-state index is -3.32. The lowest BCUT2D eigenvalue weighted by Crippen LogP contribution is -2.46. The Morgan fingerprint density at radius 2 is 1.93 bits per heavy atom. The first kappa shape index (κ1) is 10.6. The van der Waals surface area contributed by atoms with E-state index in [9.17, 15) is 0 Å². The lowest BCUT2D eigenvalue weighted by molar-refractivity contribution is -0.258. The van der Waals surface area contributed by atoms with Crippen LogP contribution in [0.25, 0.3) is 0 Å². The molecular weight excluding hydrogens is 216 g/mol. The van der Waals surface area contributed by atoms with E-state index in [1.54, 1.807) is 6.07 Å². The van der Waals surface area contributed by atoms with Crippen LogP contribution in [0.2, 0.25) is 6.04 Å². The van der Waals surface area contributed by atoms with E-state index in [4.69, 9.17) is 14.9 Å². The molecule has 1 aromatic carbocycles. The smallest absolute Gasteiger partial charge is 0.498 e. The predicted molar refractivity (Wildman–Crippen MR) is 53.4 cm³/mol. The SMILES string of the molecule is OO[Si]1(OO)CCCc2ccccc2O1. The normalized spacial score (nSPS) is 18.8. The molecule has 0 aliphatic carbocycles. The van der Waals surface area contributed by atoms with Gasteiger partial charge in [-0.15, -0.1) is 0 Å². The average molecular weight is 228 g/mol. The van der Waals surface area contributed by atoms with Gasteiger partial charge in [-0.25, -0.2) is 9.15 Å². The van der Waals surface area contributed by atoms with Gasteiger partial charge < -0.3 is 4.43 Å². The van der Waals surface area contributed by atoms with Gasteiger partial charge in [-0.2, -0.15) is 0 Å². The third kappa shape index (κ3) is 2.04. The molecule has 82 valence electrons. The van der Waals surface area contributed by atoms with Crippen LogP contribution in [0, 0.1) is 0 Å². The van der Waals surface area contributed by atoms with Gasteiger partial charge in [0.05, 0.1) is 0 Å². The van der Waals surface area contributed by atoms with Crippen molar-refractivity contribution in [2.45, 2.75) is 18.9 Å². The Hall–Kier alpha value is -0.923. The van der Waals surface area contributed by atoms with E-state index in [0.29, 0.717) is 11.8 Å². The van der Waals surface area contributed by atoms with Crippen molar-refractivity contribution < 1.29 is 24.1 Å². The van der Waals surface area contributed by atoms with Gasteiger partial charge in [0.2, 0.25) is 0 Å². The summed E-state index contributed by atoms with van der Waals surface area (Å²) < 4.78 is 13.9. The first-order valence-electron chi connectivity index (χ1n) is 4.72. The second-order valence-electron chi connectivity index (χ2n) is 3.43. The number of para-hydroxylation sites is 1. The van der Waals surface area contributed by atoms with Crippen LogP contribution < -0.4 is 4.43 Å². The van der Waals surface area contributed by atoms with Crippen LogP contribution in [0.3, 0.4) is 0 Å². The molecule has 0 unspecified atom stereocenters. The van der Waals surface area contributed by atoms with Crippen molar-refractivity contribution >= 4 is 8.80 Å². The minimum absolute atomic E-state index is 0.384. The molecule has 2 N–H and O–H groups in total. The van der Waals surface area contributed by atoms with Gasteiger partial charge in [-0.1, -0.05) is 18.2 Å². The second kappa shape index (κ2) is 4.29. The number of rotatable bonds is 2. The molecule has 0 spiro atoms. The van der Waals surface area contributed by atoms with Crippen LogP contribution in [0.4, 0.5) is 0 Å². The predicted octanol–water partition coefficient (Wildman–Crippen LogP) is 1.93. The lowest BCUT2D eigenvalue weighted by atomic mass is 10.1. The Labute approximate surface area is 88.1 Å². The number of fused-ring (bicyclic) bond motifs is 1. The lowest BCUT2D eigenvalue weighted by Gasteiger charge is -2.21. The fourth-order valence-corrected chi connectivity index (χ4v) is 3.21. The molecule has 0 radical (unpaired) electrons. The maximum Gasteiger partial charge on any atom is 0.621 e. The Morgan fingerprint density at radius 1 is 1.20 bits per heavy atom. The fourth-order valence-electron chi connectivity index (χ4n) is 1.67. The van der Waals surface area contributed by atoms with Crippen LogP contribution in [-0.4, -0.2) is 19.3 Å². The highest BCUT2D eigenvalue weighted by Crippen LogP contribution is 2.30. The zero-order valence-electron chi connectivity index (χ0n) is 8.05. The largest absolute Gasteiger partial charge is 0.621 e. The monoisotopic (exact) mass is 228 g/mol. The molecule has 1 aromatic rings. The van der Waals surface area contributed by atoms with Gasteiger partial charge in [0.1, 0.15) is 5.75 Å². The van der Waals surface area contributed by atoms with Crippen LogP contribution >= 0.6 is 0 Å². The quantitative estimate of drug-likeness (QED) is 0.460. The zero-order chi connectivity index (χ0) is 10.7. The highest BCUT2D eigenvalue weighted by atomic mass is 28.4. The fraction of sp³-hybridized carbons (Fsp3) is 0.333. The summed E-state index contributed by atoms with van der Waals surface area (Å²) in [5.41, 5.74) is 1.03. The minimum Gasteiger partial charge on any atom is -0.498 e. The Morgan fingerprint density at radius 3 is 2.67 bits per heavy atom. The van der Waals surface area contributed by atoms with Crippen LogP contribution in [0.15, 0.2) is 24.3 Å². The molecule has 1 aliphatic heterocycles. The first-order chi connectivity index (χ1) is 7.29. The maximum atomic E-state index is 8.74. The van der Waals surface area contributed by atoms with Crippen molar-refractivity contribution in [3.8, 4) is 5.75 Å². The maximum absolute atomic E-state index is 8.74. The molecule has 0 bridgehead atoms. The third-order valence-corrected chi connectivity index (χ3v) is 4.50. The highest BCUT2D eigenvalue weighted by Gasteiger charge is 2.47. The molecule has 0 aromatic heterocycles. The molecule has 2 rings (SSSR count). The van der Waals surface area contributed by atoms with Gasteiger partial charge in [-0.05, 0) is 24.5 Å². The van der Waals surface area contributed by atoms with Gasteiger partial charge in [-0.3, -0.25) is 10.5 Å². The van der Waals surface area contributed by atoms with Crippen LogP contribution in [-0.2, 0) is 15.6 Å². The number of aryl methyl sites for hydroxylation is 1. The number of hydrogen-bond acceptors (Lipinski definition) is 5. The molecule has 1 aliphatic rings. The summed E-state index contributed by atoms with van der Waals surface area (Å²) in [4.78, 5) is 0. The molecular formula is C9H12O5Si. The molecule has 15 heavy (non-hydrogen) atoms. The van der Waals surface area contributed by atoms with Crippen molar-refractivity contribution in [2.24, 2.45) is 0 Å². The van der Waals surface area contributed by atoms with E-state index in [2.05, 4.69) is 9.15 Å². The van der Waals surface area contributed by atoms with E-state index in [-0.39, 0.29) is 0 Å². The molecule has 0 saturated carbocycles. The van der Waals surface area contributed by atoms with E-state index < -0.39 is 8.80 Å². The summed E-state index contributed by atoms with van der Waals surface area (Å²) in [7, 11) is -3.32. The zero-order valence-corrected chi connectivity index (χ0v) is 9.05. The van der Waals surface area contributed by atoms with Crippen molar-refractivity contribution in [1.29, 1.82) is 0 Å². The van der Waals surface area contributed by atoms with Crippen LogP contribution in [0.5, 0.6) is 5.75 Å². The molecule has 0 saturated heterocycles. The molecule has 1 heterocycles. The van der Waals surface area contributed by atoms with Gasteiger partial charge in [0.15, 0.2) is 0 Å². The van der Waals surface area contributed by atoms with Crippen LogP contribution in [0.1, 0.15) is 12.0 Å². The van der Waals surface area contributed by atoms with Gasteiger partial charge in [0, 0.05) is 6.04 Å². The molecule has 5 nitrogen and oxygen atoms in total. The molecule has 0 fully saturated rings. The summed E-state index contributed by atoms with van der Waals surface area (Å²) in [5.74, 6) is 0.602. The second-order valence-corrected chi connectivity index (χ2v) is 5.86. The highest BCUT2D eigenvalue weighted by molar-refractivity contribution is 6.61. The Balaban J connectivity index is 2.31. The first-order valence-corrected chi connectivity index (χ1v) is 6.65. The molecule has 0 amide bonds. The van der Waals surface area contributed by atoms with E-state index in [0.717, 1.165) is 18.4 Å². The summed E-state index contributed by atoms with van der Waals surface area (Å²) in [6.07, 6.45) is 1.56. The summed E-state index contributed by atoms with van der Waals surface area (Å²) in [5, 5.41) is 17.5. The summed E-state index contributed by atoms with van der Waals surface area (Å²) >= 11 is 0. The van der Waals surface area contributed by atoms with Crippen molar-refractivity contribution in [3.63, 3.8) is 0 Å². The van der Waals surface area contributed by atoms with Gasteiger partial charge in [0.25, 0.3) is 0 Å². The van der Waals surface area contributed by atoms with E-state index >= 15 is 0 Å². The number of hydrogen-bond donors (Lipinski definition) is 2. The molecule has 6 heteroatoms. The number of benzene rings is 1. The third-order valence-electron chi connectivity index (χ3n) is 2.45. The van der Waals surface area contributed by atoms with Crippen molar-refractivity contribution in [3.05, 3.63) is 29.8 Å². The summed E-state index contributed by atoms with van der Waals surface area (Å²) in [6.45, 7) is 0.